The fourth-order valence-electron chi connectivity index (χ4n) is 2.94. The van der Waals surface area contributed by atoms with Gasteiger partial charge in [0.25, 0.3) is 5.91 Å². The Hall–Kier alpha value is -2.45. The van der Waals surface area contributed by atoms with E-state index in [1.807, 2.05) is 6.92 Å². The number of amides is 2. The topological polar surface area (TPSA) is 108 Å². The van der Waals surface area contributed by atoms with Crippen molar-refractivity contribution in [3.8, 4) is 0 Å². The third-order valence-electron chi connectivity index (χ3n) is 4.16. The van der Waals surface area contributed by atoms with E-state index < -0.39 is 5.60 Å². The summed E-state index contributed by atoms with van der Waals surface area (Å²) in [6.07, 6.45) is 0. The van der Waals surface area contributed by atoms with Crippen molar-refractivity contribution in [2.45, 2.75) is 19.4 Å². The number of hydrogen-bond acceptors (Lipinski definition) is 5. The van der Waals surface area contributed by atoms with E-state index in [1.54, 1.807) is 23.1 Å². The lowest BCUT2D eigenvalue weighted by Crippen LogP contribution is -2.53. The molecule has 3 rings (SSSR count). The summed E-state index contributed by atoms with van der Waals surface area (Å²) in [5, 5.41) is 13.3. The van der Waals surface area contributed by atoms with Gasteiger partial charge in [0.15, 0.2) is 0 Å². The van der Waals surface area contributed by atoms with Crippen LogP contribution < -0.4 is 5.32 Å². The molecule has 1 atom stereocenters. The Bertz CT molecular complexity index is 803. The van der Waals surface area contributed by atoms with Crippen molar-refractivity contribution >= 4 is 22.8 Å². The molecule has 0 aliphatic carbocycles. The molecule has 1 aromatic carbocycles. The Balaban J connectivity index is 1.79. The van der Waals surface area contributed by atoms with Crippen molar-refractivity contribution in [1.82, 2.24) is 20.2 Å². The summed E-state index contributed by atoms with van der Waals surface area (Å²) in [6, 6.07) is 5.28. The number of ether oxygens (including phenoxy) is 1. The molecule has 3 N–H and O–H groups in total. The molecule has 0 spiro atoms. The number of fused-ring (bicyclic) bond motifs is 1. The highest BCUT2D eigenvalue weighted by atomic mass is 16.5. The molecule has 25 heavy (non-hydrogen) atoms. The molecule has 1 aromatic heterocycles. The van der Waals surface area contributed by atoms with Gasteiger partial charge in [-0.25, -0.2) is 4.98 Å². The summed E-state index contributed by atoms with van der Waals surface area (Å²) < 4.78 is 5.42. The van der Waals surface area contributed by atoms with Crippen LogP contribution in [0.1, 0.15) is 23.1 Å². The third kappa shape index (κ3) is 3.97. The van der Waals surface area contributed by atoms with E-state index in [2.05, 4.69) is 15.3 Å². The number of carbonyl (C=O) groups is 2. The van der Waals surface area contributed by atoms with Crippen molar-refractivity contribution < 1.29 is 19.4 Å². The first kappa shape index (κ1) is 17.4. The van der Waals surface area contributed by atoms with Gasteiger partial charge in [-0.3, -0.25) is 9.59 Å². The number of rotatable bonds is 3. The molecule has 1 fully saturated rings. The van der Waals surface area contributed by atoms with Gasteiger partial charge in [0.05, 0.1) is 37.3 Å². The molecule has 8 heteroatoms. The Labute approximate surface area is 145 Å². The van der Waals surface area contributed by atoms with Crippen LogP contribution in [-0.4, -0.2) is 70.2 Å². The molecule has 2 heterocycles. The van der Waals surface area contributed by atoms with Crippen molar-refractivity contribution in [3.63, 3.8) is 0 Å². The summed E-state index contributed by atoms with van der Waals surface area (Å²) in [4.78, 5) is 33.0. The average Bonchev–Trinajstić information content (AvgIpc) is 2.82. The molecule has 2 amide bonds. The first-order valence-electron chi connectivity index (χ1n) is 8.16. The predicted molar refractivity (Wildman–Crippen MR) is 91.2 cm³/mol. The molecule has 0 radical (unpaired) electrons. The molecule has 0 unspecified atom stereocenters. The summed E-state index contributed by atoms with van der Waals surface area (Å²) in [5.41, 5.74) is 0.797. The quantitative estimate of drug-likeness (QED) is 0.736. The molecule has 2 aromatic rings. The van der Waals surface area contributed by atoms with Crippen LogP contribution in [0.4, 0.5) is 0 Å². The minimum absolute atomic E-state index is 0.0326. The molecular formula is C17H22N4O4. The second-order valence-electron chi connectivity index (χ2n) is 6.47. The number of carbonyl (C=O) groups excluding carboxylic acids is 2. The van der Waals surface area contributed by atoms with Gasteiger partial charge >= 0.3 is 0 Å². The maximum atomic E-state index is 12.9. The highest BCUT2D eigenvalue weighted by molar-refractivity contribution is 5.97. The van der Waals surface area contributed by atoms with E-state index in [1.165, 1.54) is 6.92 Å². The maximum Gasteiger partial charge on any atom is 0.254 e. The van der Waals surface area contributed by atoms with Crippen LogP contribution in [0.5, 0.6) is 0 Å². The van der Waals surface area contributed by atoms with Crippen molar-refractivity contribution in [2.24, 2.45) is 0 Å². The Morgan fingerprint density at radius 2 is 2.28 bits per heavy atom. The number of imidazole rings is 1. The molecule has 1 saturated heterocycles. The molecule has 1 aliphatic rings. The number of aromatic nitrogens is 2. The smallest absolute Gasteiger partial charge is 0.254 e. The van der Waals surface area contributed by atoms with Crippen LogP contribution in [0.25, 0.3) is 11.0 Å². The summed E-state index contributed by atoms with van der Waals surface area (Å²) >= 11 is 0. The lowest BCUT2D eigenvalue weighted by molar-refractivity contribution is -0.120. The fraction of sp³-hybridized carbons (Fsp3) is 0.471. The van der Waals surface area contributed by atoms with Gasteiger partial charge in [0.2, 0.25) is 5.91 Å². The Kier molecular flexibility index (Phi) is 4.73. The number of aromatic amines is 1. The SMILES string of the molecule is CC(=O)NC[C@]1(O)COCCN(C(=O)c2ccc3nc(C)[nH]c3c2)C1. The standard InChI is InChI=1S/C17H22N4O4/c1-11-19-14-4-3-13(7-15(14)20-11)16(23)21-5-6-25-10-17(24,9-21)8-18-12(2)22/h3-4,7,24H,5-6,8-10H2,1-2H3,(H,18,22)(H,19,20)/t17-/m1/s1. The minimum atomic E-state index is -1.31. The number of hydrogen-bond donors (Lipinski definition) is 3. The van der Waals surface area contributed by atoms with Crippen molar-refractivity contribution in [1.29, 1.82) is 0 Å². The summed E-state index contributed by atoms with van der Waals surface area (Å²) in [5.74, 6) is 0.351. The zero-order valence-corrected chi connectivity index (χ0v) is 14.3. The van der Waals surface area contributed by atoms with E-state index in [0.717, 1.165) is 16.9 Å². The lowest BCUT2D eigenvalue weighted by Gasteiger charge is -2.30. The normalized spacial score (nSPS) is 21.2. The highest BCUT2D eigenvalue weighted by Crippen LogP contribution is 2.18. The molecule has 1 aliphatic heterocycles. The van der Waals surface area contributed by atoms with E-state index >= 15 is 0 Å². The second-order valence-corrected chi connectivity index (χ2v) is 6.47. The van der Waals surface area contributed by atoms with Crippen LogP contribution >= 0.6 is 0 Å². The van der Waals surface area contributed by atoms with Crippen LogP contribution in [0.3, 0.4) is 0 Å². The van der Waals surface area contributed by atoms with E-state index in [-0.39, 0.29) is 31.5 Å². The van der Waals surface area contributed by atoms with Crippen LogP contribution in [0.2, 0.25) is 0 Å². The van der Waals surface area contributed by atoms with Gasteiger partial charge in [0, 0.05) is 19.0 Å². The first-order valence-corrected chi connectivity index (χ1v) is 8.16. The number of nitrogens with one attached hydrogen (secondary N) is 2. The Morgan fingerprint density at radius 1 is 1.48 bits per heavy atom. The zero-order chi connectivity index (χ0) is 18.0. The number of benzene rings is 1. The number of aliphatic hydroxyl groups is 1. The van der Waals surface area contributed by atoms with Gasteiger partial charge < -0.3 is 25.0 Å². The minimum Gasteiger partial charge on any atom is -0.384 e. The van der Waals surface area contributed by atoms with Crippen LogP contribution in [-0.2, 0) is 9.53 Å². The van der Waals surface area contributed by atoms with E-state index in [0.29, 0.717) is 18.7 Å². The van der Waals surface area contributed by atoms with Gasteiger partial charge in [-0.15, -0.1) is 0 Å². The summed E-state index contributed by atoms with van der Waals surface area (Å²) in [7, 11) is 0. The van der Waals surface area contributed by atoms with E-state index in [9.17, 15) is 14.7 Å². The molecule has 134 valence electrons. The van der Waals surface area contributed by atoms with E-state index in [4.69, 9.17) is 4.74 Å². The molecule has 0 saturated carbocycles. The summed E-state index contributed by atoms with van der Waals surface area (Å²) in [6.45, 7) is 4.13. The van der Waals surface area contributed by atoms with Crippen molar-refractivity contribution in [2.75, 3.05) is 32.8 Å². The second kappa shape index (κ2) is 6.81. The predicted octanol–water partition coefficient (Wildman–Crippen LogP) is 0.211. The first-order chi connectivity index (χ1) is 11.9. The van der Waals surface area contributed by atoms with Crippen LogP contribution in [0.15, 0.2) is 18.2 Å². The number of nitrogens with zero attached hydrogens (tertiary/aromatic N) is 2. The number of β-amino-alcohol motifs (C(OH)–C–C–N with tert-alkyl or cyclic N) is 1. The highest BCUT2D eigenvalue weighted by Gasteiger charge is 2.35. The largest absolute Gasteiger partial charge is 0.384 e. The number of aryl methyl sites for hydroxylation is 1. The molecular weight excluding hydrogens is 324 g/mol. The molecule has 8 nitrogen and oxygen atoms in total. The zero-order valence-electron chi connectivity index (χ0n) is 14.3. The lowest BCUT2D eigenvalue weighted by atomic mass is 10.0. The van der Waals surface area contributed by atoms with Gasteiger partial charge in [0.1, 0.15) is 11.4 Å². The van der Waals surface area contributed by atoms with Crippen LogP contribution in [0, 0.1) is 6.92 Å². The monoisotopic (exact) mass is 346 g/mol. The van der Waals surface area contributed by atoms with Gasteiger partial charge in [-0.2, -0.15) is 0 Å². The van der Waals surface area contributed by atoms with Gasteiger partial charge in [-0.1, -0.05) is 0 Å². The average molecular weight is 346 g/mol. The van der Waals surface area contributed by atoms with Crippen molar-refractivity contribution in [3.05, 3.63) is 29.6 Å². The fourth-order valence-corrected chi connectivity index (χ4v) is 2.94. The molecule has 0 bridgehead atoms. The third-order valence-corrected chi connectivity index (χ3v) is 4.16. The number of H-pyrrole nitrogens is 1. The maximum absolute atomic E-state index is 12.9. The Morgan fingerprint density at radius 3 is 3.04 bits per heavy atom. The van der Waals surface area contributed by atoms with Gasteiger partial charge in [-0.05, 0) is 25.1 Å².